The van der Waals surface area contributed by atoms with Crippen molar-refractivity contribution in [2.24, 2.45) is 4.99 Å². The van der Waals surface area contributed by atoms with Gasteiger partial charge in [0.1, 0.15) is 12.2 Å². The molecule has 2 N–H and O–H groups in total. The van der Waals surface area contributed by atoms with E-state index in [1.807, 2.05) is 6.92 Å². The number of hydrogen-bond acceptors (Lipinski definition) is 5. The fourth-order valence-corrected chi connectivity index (χ4v) is 2.87. The van der Waals surface area contributed by atoms with Crippen LogP contribution in [0.25, 0.3) is 0 Å². The van der Waals surface area contributed by atoms with E-state index < -0.39 is 17.6 Å². The molecule has 1 aromatic heterocycles. The van der Waals surface area contributed by atoms with E-state index in [0.29, 0.717) is 25.6 Å². The minimum absolute atomic E-state index is 0.0442. The summed E-state index contributed by atoms with van der Waals surface area (Å²) in [7, 11) is 1.35. The number of hydrogen-bond donors (Lipinski definition) is 2. The van der Waals surface area contributed by atoms with Crippen LogP contribution in [0.2, 0.25) is 0 Å². The van der Waals surface area contributed by atoms with E-state index in [9.17, 15) is 18.0 Å². The van der Waals surface area contributed by atoms with Crippen LogP contribution in [0.4, 0.5) is 18.0 Å². The van der Waals surface area contributed by atoms with Crippen molar-refractivity contribution < 1.29 is 27.4 Å². The second-order valence-corrected chi connectivity index (χ2v) is 6.34. The summed E-state index contributed by atoms with van der Waals surface area (Å²) < 4.78 is 48.7. The van der Waals surface area contributed by atoms with Crippen molar-refractivity contribution in [2.75, 3.05) is 39.9 Å². The van der Waals surface area contributed by atoms with Crippen LogP contribution in [0, 0.1) is 0 Å². The molecule has 1 aliphatic heterocycles. The van der Waals surface area contributed by atoms with Gasteiger partial charge in [0.25, 0.3) is 0 Å². The highest BCUT2D eigenvalue weighted by Crippen LogP contribution is 2.34. The Bertz CT molecular complexity index is 692. The Balaban J connectivity index is 1.85. The lowest BCUT2D eigenvalue weighted by Crippen LogP contribution is -2.49. The highest BCUT2D eigenvalue weighted by Gasteiger charge is 2.35. The topological polar surface area (TPSA) is 88.1 Å². The van der Waals surface area contributed by atoms with Crippen LogP contribution in [0.3, 0.4) is 0 Å². The number of nitrogens with one attached hydrogen (secondary N) is 2. The molecule has 0 aromatic carbocycles. The molecule has 1 aliphatic rings. The average molecular weight is 417 g/mol. The Labute approximate surface area is 167 Å². The number of halogens is 3. The zero-order chi connectivity index (χ0) is 21.3. The number of nitrogens with zero attached hydrogens (tertiary/aromatic N) is 3. The molecule has 1 saturated heterocycles. The van der Waals surface area contributed by atoms with E-state index in [1.54, 1.807) is 4.90 Å². The Morgan fingerprint density at radius 2 is 2.10 bits per heavy atom. The molecule has 1 amide bonds. The van der Waals surface area contributed by atoms with Gasteiger partial charge in [0.2, 0.25) is 5.88 Å². The molecular weight excluding hydrogens is 391 g/mol. The van der Waals surface area contributed by atoms with Gasteiger partial charge in [0, 0.05) is 31.9 Å². The number of aromatic nitrogens is 1. The first kappa shape index (κ1) is 22.6. The second kappa shape index (κ2) is 10.7. The molecule has 0 atom stereocenters. The van der Waals surface area contributed by atoms with Gasteiger partial charge >= 0.3 is 12.3 Å². The maximum atomic E-state index is 12.9. The lowest BCUT2D eigenvalue weighted by Gasteiger charge is -2.32. The summed E-state index contributed by atoms with van der Waals surface area (Å²) in [6, 6.07) is 2.27. The van der Waals surface area contributed by atoms with Crippen LogP contribution >= 0.6 is 0 Å². The molecular formula is C18H26F3N5O3. The van der Waals surface area contributed by atoms with E-state index >= 15 is 0 Å². The van der Waals surface area contributed by atoms with Crippen LogP contribution in [-0.4, -0.2) is 67.9 Å². The van der Waals surface area contributed by atoms with Crippen LogP contribution in [0.5, 0.6) is 5.88 Å². The van der Waals surface area contributed by atoms with Gasteiger partial charge in [-0.2, -0.15) is 13.2 Å². The van der Waals surface area contributed by atoms with E-state index in [4.69, 9.17) is 9.47 Å². The molecule has 1 aromatic rings. The third kappa shape index (κ3) is 6.99. The maximum absolute atomic E-state index is 12.9. The first-order chi connectivity index (χ1) is 13.8. The number of guanidine groups is 1. The Kier molecular flexibility index (Phi) is 8.34. The fourth-order valence-electron chi connectivity index (χ4n) is 2.87. The standard InChI is InChI=1S/C18H26F3N5O3/c1-3-22-16(25-13-6-10-26(11-7-13)17(27)28-2)24-9-12-29-15-14(18(19,20)21)5-4-8-23-15/h4-5,8,13H,3,6-7,9-12H2,1-2H3,(H2,22,24,25). The largest absolute Gasteiger partial charge is 0.475 e. The first-order valence-corrected chi connectivity index (χ1v) is 9.38. The van der Waals surface area contributed by atoms with Crippen molar-refractivity contribution in [3.63, 3.8) is 0 Å². The van der Waals surface area contributed by atoms with Crippen molar-refractivity contribution in [3.8, 4) is 5.88 Å². The number of pyridine rings is 1. The number of ether oxygens (including phenoxy) is 2. The minimum Gasteiger partial charge on any atom is -0.475 e. The number of alkyl halides is 3. The molecule has 0 aliphatic carbocycles. The molecule has 0 unspecified atom stereocenters. The van der Waals surface area contributed by atoms with Gasteiger partial charge in [-0.15, -0.1) is 0 Å². The lowest BCUT2D eigenvalue weighted by molar-refractivity contribution is -0.139. The maximum Gasteiger partial charge on any atom is 0.421 e. The zero-order valence-corrected chi connectivity index (χ0v) is 16.5. The summed E-state index contributed by atoms with van der Waals surface area (Å²) in [5.74, 6) is 0.0908. The number of carbonyl (C=O) groups is 1. The van der Waals surface area contributed by atoms with Crippen LogP contribution in [-0.2, 0) is 10.9 Å². The van der Waals surface area contributed by atoms with E-state index in [2.05, 4.69) is 20.6 Å². The monoisotopic (exact) mass is 417 g/mol. The number of rotatable bonds is 6. The number of amides is 1. The molecule has 8 nitrogen and oxygen atoms in total. The number of aliphatic imine (C=N–C) groups is 1. The van der Waals surface area contributed by atoms with E-state index in [-0.39, 0.29) is 25.3 Å². The normalized spacial score (nSPS) is 15.8. The van der Waals surface area contributed by atoms with Crippen molar-refractivity contribution in [1.29, 1.82) is 0 Å². The number of carbonyl (C=O) groups excluding carboxylic acids is 1. The van der Waals surface area contributed by atoms with Crippen molar-refractivity contribution >= 4 is 12.1 Å². The molecule has 11 heteroatoms. The first-order valence-electron chi connectivity index (χ1n) is 9.38. The van der Waals surface area contributed by atoms with E-state index in [0.717, 1.165) is 18.9 Å². The molecule has 162 valence electrons. The zero-order valence-electron chi connectivity index (χ0n) is 16.5. The Morgan fingerprint density at radius 3 is 2.72 bits per heavy atom. The SMILES string of the molecule is CCNC(=NCCOc1ncccc1C(F)(F)F)NC1CCN(C(=O)OC)CC1. The lowest BCUT2D eigenvalue weighted by atomic mass is 10.1. The highest BCUT2D eigenvalue weighted by molar-refractivity contribution is 5.80. The molecule has 0 spiro atoms. The quantitative estimate of drug-likeness (QED) is 0.420. The van der Waals surface area contributed by atoms with Crippen molar-refractivity contribution in [3.05, 3.63) is 23.9 Å². The van der Waals surface area contributed by atoms with Crippen LogP contribution < -0.4 is 15.4 Å². The van der Waals surface area contributed by atoms with Crippen molar-refractivity contribution in [1.82, 2.24) is 20.5 Å². The van der Waals surface area contributed by atoms with Gasteiger partial charge < -0.3 is 25.0 Å². The molecule has 2 rings (SSSR count). The molecule has 1 fully saturated rings. The average Bonchev–Trinajstić information content (AvgIpc) is 2.71. The predicted octanol–water partition coefficient (Wildman–Crippen LogP) is 2.27. The summed E-state index contributed by atoms with van der Waals surface area (Å²) in [5, 5.41) is 6.37. The van der Waals surface area contributed by atoms with Crippen LogP contribution in [0.1, 0.15) is 25.3 Å². The summed E-state index contributed by atoms with van der Waals surface area (Å²) >= 11 is 0. The Morgan fingerprint density at radius 1 is 1.38 bits per heavy atom. The smallest absolute Gasteiger partial charge is 0.421 e. The fraction of sp³-hybridized carbons (Fsp3) is 0.611. The van der Waals surface area contributed by atoms with Gasteiger partial charge in [-0.05, 0) is 31.9 Å². The molecule has 0 saturated carbocycles. The van der Waals surface area contributed by atoms with Gasteiger partial charge in [-0.3, -0.25) is 0 Å². The Hall–Kier alpha value is -2.72. The van der Waals surface area contributed by atoms with E-state index in [1.165, 1.54) is 19.4 Å². The second-order valence-electron chi connectivity index (χ2n) is 6.34. The number of methoxy groups -OCH3 is 1. The third-order valence-corrected chi connectivity index (χ3v) is 4.29. The summed E-state index contributed by atoms with van der Waals surface area (Å²) in [6.07, 6.45) is -2.14. The summed E-state index contributed by atoms with van der Waals surface area (Å²) in [6.45, 7) is 3.81. The summed E-state index contributed by atoms with van der Waals surface area (Å²) in [4.78, 5) is 21.2. The number of likely N-dealkylation sites (tertiary alicyclic amines) is 1. The number of piperidine rings is 1. The summed E-state index contributed by atoms with van der Waals surface area (Å²) in [5.41, 5.74) is -0.911. The molecule has 0 radical (unpaired) electrons. The highest BCUT2D eigenvalue weighted by atomic mass is 19.4. The van der Waals surface area contributed by atoms with Gasteiger partial charge in [-0.1, -0.05) is 0 Å². The van der Waals surface area contributed by atoms with Gasteiger partial charge in [0.15, 0.2) is 5.96 Å². The molecule has 0 bridgehead atoms. The van der Waals surface area contributed by atoms with Gasteiger partial charge in [-0.25, -0.2) is 14.8 Å². The van der Waals surface area contributed by atoms with Crippen molar-refractivity contribution in [2.45, 2.75) is 32.0 Å². The predicted molar refractivity (Wildman–Crippen MR) is 101 cm³/mol. The molecule has 2 heterocycles. The van der Waals surface area contributed by atoms with Gasteiger partial charge in [0.05, 0.1) is 13.7 Å². The minimum atomic E-state index is -4.53. The molecule has 29 heavy (non-hydrogen) atoms. The van der Waals surface area contributed by atoms with Crippen LogP contribution in [0.15, 0.2) is 23.3 Å². The third-order valence-electron chi connectivity index (χ3n) is 4.29.